The molecule has 1 unspecified atom stereocenters. The second kappa shape index (κ2) is 10.4. The molecule has 35 heavy (non-hydrogen) atoms. The molecule has 1 aromatic heterocycles. The van der Waals surface area contributed by atoms with Gasteiger partial charge in [-0.1, -0.05) is 26.0 Å². The highest BCUT2D eigenvalue weighted by molar-refractivity contribution is 5.78. The molecule has 0 saturated carbocycles. The Morgan fingerprint density at radius 2 is 1.97 bits per heavy atom. The molecule has 1 atom stereocenters. The average molecular weight is 484 g/mol. The van der Waals surface area contributed by atoms with E-state index in [9.17, 15) is 9.59 Å². The smallest absolute Gasteiger partial charge is 0.260 e. The van der Waals surface area contributed by atoms with E-state index in [-0.39, 0.29) is 35.8 Å². The number of carbonyl (C=O) groups is 2. The lowest BCUT2D eigenvalue weighted by atomic mass is 9.76. The van der Waals surface area contributed by atoms with Crippen molar-refractivity contribution in [2.24, 2.45) is 5.41 Å². The first-order chi connectivity index (χ1) is 16.7. The van der Waals surface area contributed by atoms with E-state index in [1.807, 2.05) is 49.9 Å². The van der Waals surface area contributed by atoms with Gasteiger partial charge in [0, 0.05) is 39.6 Å². The molecular weight excluding hydrogens is 446 g/mol. The summed E-state index contributed by atoms with van der Waals surface area (Å²) in [5.41, 5.74) is 1.11. The van der Waals surface area contributed by atoms with Crippen molar-refractivity contribution in [1.29, 1.82) is 0 Å². The number of nitrogens with zero attached hydrogens (tertiary/aromatic N) is 5. The number of hydrogen-bond donors (Lipinski definition) is 0. The summed E-state index contributed by atoms with van der Waals surface area (Å²) in [7, 11) is 3.55. The van der Waals surface area contributed by atoms with Crippen LogP contribution >= 0.6 is 0 Å². The molecule has 9 nitrogen and oxygen atoms in total. The third-order valence-corrected chi connectivity index (χ3v) is 7.21. The number of aryl methyl sites for hydroxylation is 1. The Kier molecular flexibility index (Phi) is 7.44. The van der Waals surface area contributed by atoms with Crippen molar-refractivity contribution in [3.8, 4) is 5.75 Å². The third kappa shape index (κ3) is 5.83. The SMILES string of the molecule is Cc1cccc(OCC(=O)N2CCC3(CC2)CC(c2nnc(C(C)C)o2)N(CC(=O)N(C)C)C3)c1. The molecule has 190 valence electrons. The van der Waals surface area contributed by atoms with Gasteiger partial charge in [0.05, 0.1) is 12.6 Å². The second-order valence-electron chi connectivity index (χ2n) is 10.5. The zero-order valence-electron chi connectivity index (χ0n) is 21.5. The molecule has 0 radical (unpaired) electrons. The van der Waals surface area contributed by atoms with Gasteiger partial charge in [0.1, 0.15) is 5.75 Å². The Labute approximate surface area is 207 Å². The van der Waals surface area contributed by atoms with E-state index in [1.54, 1.807) is 19.0 Å². The highest BCUT2D eigenvalue weighted by Crippen LogP contribution is 2.48. The van der Waals surface area contributed by atoms with Crippen LogP contribution in [0.15, 0.2) is 28.7 Å². The lowest BCUT2D eigenvalue weighted by molar-refractivity contribution is -0.135. The van der Waals surface area contributed by atoms with Crippen molar-refractivity contribution in [2.75, 3.05) is 46.9 Å². The van der Waals surface area contributed by atoms with Crippen LogP contribution in [-0.4, -0.2) is 83.6 Å². The van der Waals surface area contributed by atoms with E-state index in [4.69, 9.17) is 9.15 Å². The molecule has 3 heterocycles. The van der Waals surface area contributed by atoms with Gasteiger partial charge < -0.3 is 19.0 Å². The van der Waals surface area contributed by atoms with Crippen LogP contribution in [0.3, 0.4) is 0 Å². The normalized spacial score (nSPS) is 19.9. The van der Waals surface area contributed by atoms with Crippen LogP contribution in [0, 0.1) is 12.3 Å². The van der Waals surface area contributed by atoms with Gasteiger partial charge in [-0.05, 0) is 49.3 Å². The van der Waals surface area contributed by atoms with Crippen molar-refractivity contribution in [3.05, 3.63) is 41.6 Å². The zero-order valence-corrected chi connectivity index (χ0v) is 21.5. The van der Waals surface area contributed by atoms with Crippen LogP contribution in [0.1, 0.15) is 62.4 Å². The van der Waals surface area contributed by atoms with Crippen LogP contribution in [0.5, 0.6) is 5.75 Å². The van der Waals surface area contributed by atoms with Gasteiger partial charge in [-0.15, -0.1) is 10.2 Å². The van der Waals surface area contributed by atoms with E-state index < -0.39 is 0 Å². The van der Waals surface area contributed by atoms with E-state index in [2.05, 4.69) is 15.1 Å². The summed E-state index contributed by atoms with van der Waals surface area (Å²) in [6.45, 7) is 8.54. The molecule has 9 heteroatoms. The Hall–Kier alpha value is -2.94. The molecule has 1 spiro atoms. The number of likely N-dealkylation sites (tertiary alicyclic amines) is 2. The summed E-state index contributed by atoms with van der Waals surface area (Å²) in [5, 5.41) is 8.56. The number of carbonyl (C=O) groups excluding carboxylic acids is 2. The summed E-state index contributed by atoms with van der Waals surface area (Å²) in [5.74, 6) is 2.13. The fraction of sp³-hybridized carbons (Fsp3) is 0.615. The van der Waals surface area contributed by atoms with E-state index in [1.165, 1.54) is 0 Å². The summed E-state index contributed by atoms with van der Waals surface area (Å²) < 4.78 is 11.7. The molecule has 1 aromatic carbocycles. The largest absolute Gasteiger partial charge is 0.484 e. The number of benzene rings is 1. The van der Waals surface area contributed by atoms with Crippen LogP contribution in [0.2, 0.25) is 0 Å². The first kappa shape index (κ1) is 25.2. The maximum absolute atomic E-state index is 12.8. The van der Waals surface area contributed by atoms with E-state index in [0.717, 1.165) is 31.4 Å². The summed E-state index contributed by atoms with van der Waals surface area (Å²) >= 11 is 0. The molecule has 2 saturated heterocycles. The Morgan fingerprint density at radius 1 is 1.23 bits per heavy atom. The topological polar surface area (TPSA) is 92.0 Å². The average Bonchev–Trinajstić information content (AvgIpc) is 3.44. The minimum atomic E-state index is -0.0918. The number of rotatable bonds is 7. The highest BCUT2D eigenvalue weighted by atomic mass is 16.5. The second-order valence-corrected chi connectivity index (χ2v) is 10.5. The van der Waals surface area contributed by atoms with Crippen molar-refractivity contribution in [3.63, 3.8) is 0 Å². The predicted octanol–water partition coefficient (Wildman–Crippen LogP) is 3.02. The minimum absolute atomic E-state index is 0.00835. The fourth-order valence-corrected chi connectivity index (χ4v) is 5.02. The molecule has 2 aromatic rings. The number of hydrogen-bond acceptors (Lipinski definition) is 7. The van der Waals surface area contributed by atoms with Crippen LogP contribution in [-0.2, 0) is 9.59 Å². The number of amides is 2. The van der Waals surface area contributed by atoms with Gasteiger partial charge >= 0.3 is 0 Å². The standard InChI is InChI=1S/C26H37N5O4/c1-18(2)24-27-28-25(35-24)21-14-26(17-31(21)15-22(32)29(4)5)9-11-30(12-10-26)23(33)16-34-20-8-6-7-19(3)13-20/h6-8,13,18,21H,9-12,14-17H2,1-5H3. The van der Waals surface area contributed by atoms with Crippen LogP contribution < -0.4 is 4.74 Å². The molecular formula is C26H37N5O4. The van der Waals surface area contributed by atoms with Crippen LogP contribution in [0.4, 0.5) is 0 Å². The molecule has 0 bridgehead atoms. The monoisotopic (exact) mass is 483 g/mol. The van der Waals surface area contributed by atoms with Crippen molar-refractivity contribution in [1.82, 2.24) is 24.9 Å². The zero-order chi connectivity index (χ0) is 25.2. The minimum Gasteiger partial charge on any atom is -0.484 e. The van der Waals surface area contributed by atoms with Crippen molar-refractivity contribution in [2.45, 2.75) is 52.0 Å². The number of likely N-dealkylation sites (N-methyl/N-ethyl adjacent to an activating group) is 1. The quantitative estimate of drug-likeness (QED) is 0.598. The van der Waals surface area contributed by atoms with Crippen molar-refractivity contribution < 1.29 is 18.7 Å². The van der Waals surface area contributed by atoms with Gasteiger partial charge in [-0.3, -0.25) is 14.5 Å². The lowest BCUT2D eigenvalue weighted by Crippen LogP contribution is -2.46. The molecule has 2 fully saturated rings. The third-order valence-electron chi connectivity index (χ3n) is 7.21. The first-order valence-electron chi connectivity index (χ1n) is 12.4. The van der Waals surface area contributed by atoms with Gasteiger partial charge in [0.15, 0.2) is 6.61 Å². The van der Waals surface area contributed by atoms with E-state index in [0.29, 0.717) is 37.2 Å². The maximum Gasteiger partial charge on any atom is 0.260 e. The van der Waals surface area contributed by atoms with Crippen LogP contribution in [0.25, 0.3) is 0 Å². The summed E-state index contributed by atoms with van der Waals surface area (Å²) in [4.78, 5) is 31.1. The molecule has 2 aliphatic rings. The molecule has 2 aliphatic heterocycles. The lowest BCUT2D eigenvalue weighted by Gasteiger charge is -2.39. The number of aromatic nitrogens is 2. The summed E-state index contributed by atoms with van der Waals surface area (Å²) in [6.07, 6.45) is 2.59. The summed E-state index contributed by atoms with van der Waals surface area (Å²) in [6, 6.07) is 7.64. The van der Waals surface area contributed by atoms with Gasteiger partial charge in [0.25, 0.3) is 5.91 Å². The van der Waals surface area contributed by atoms with Crippen molar-refractivity contribution >= 4 is 11.8 Å². The molecule has 2 amide bonds. The molecule has 0 aliphatic carbocycles. The van der Waals surface area contributed by atoms with E-state index >= 15 is 0 Å². The van der Waals surface area contributed by atoms with Gasteiger partial charge in [-0.25, -0.2) is 0 Å². The van der Waals surface area contributed by atoms with Gasteiger partial charge in [0.2, 0.25) is 17.7 Å². The molecule has 0 N–H and O–H groups in total. The first-order valence-corrected chi connectivity index (χ1v) is 12.4. The Bertz CT molecular complexity index is 1040. The predicted molar refractivity (Wildman–Crippen MR) is 131 cm³/mol. The maximum atomic E-state index is 12.8. The molecule has 4 rings (SSSR count). The Morgan fingerprint density at radius 3 is 2.60 bits per heavy atom. The number of piperidine rings is 1. The number of ether oxygens (including phenoxy) is 1. The fourth-order valence-electron chi connectivity index (χ4n) is 5.02. The van der Waals surface area contributed by atoms with Gasteiger partial charge in [-0.2, -0.15) is 0 Å². The highest BCUT2D eigenvalue weighted by Gasteiger charge is 2.48. The Balaban J connectivity index is 1.40.